The average molecular weight is 323 g/mol. The lowest BCUT2D eigenvalue weighted by Gasteiger charge is -2.35. The lowest BCUT2D eigenvalue weighted by Crippen LogP contribution is -2.39. The Balaban J connectivity index is 2.19. The number of rotatable bonds is 2. The number of nitro groups is 1. The summed E-state index contributed by atoms with van der Waals surface area (Å²) in [5.41, 5.74) is 1.06. The van der Waals surface area contributed by atoms with Crippen molar-refractivity contribution in [1.29, 1.82) is 0 Å². The number of alkyl halides is 3. The first-order valence-corrected chi connectivity index (χ1v) is 6.84. The van der Waals surface area contributed by atoms with Gasteiger partial charge >= 0.3 is 6.18 Å². The first-order valence-electron chi connectivity index (χ1n) is 6.46. The van der Waals surface area contributed by atoms with Crippen molar-refractivity contribution >= 4 is 23.0 Å². The molecule has 2 rings (SSSR count). The van der Waals surface area contributed by atoms with Gasteiger partial charge in [-0.05, 0) is 25.3 Å². The molecule has 0 unspecified atom stereocenters. The number of hydrogen-bond acceptors (Lipinski definition) is 3. The van der Waals surface area contributed by atoms with Crippen molar-refractivity contribution in [2.75, 3.05) is 18.0 Å². The fourth-order valence-electron chi connectivity index (χ4n) is 2.65. The number of hydrogen-bond donors (Lipinski definition) is 0. The summed E-state index contributed by atoms with van der Waals surface area (Å²) in [6.07, 6.45) is -4.15. The lowest BCUT2D eigenvalue weighted by molar-refractivity contribution is -0.384. The lowest BCUT2D eigenvalue weighted by atomic mass is 9.95. The zero-order chi connectivity index (χ0) is 15.8. The summed E-state index contributed by atoms with van der Waals surface area (Å²) >= 11 is 6.07. The number of nitrogens with zero attached hydrogens (tertiary/aromatic N) is 2. The zero-order valence-corrected chi connectivity index (χ0v) is 12.0. The van der Waals surface area contributed by atoms with Crippen LogP contribution in [0, 0.1) is 23.0 Å². The molecule has 1 aliphatic heterocycles. The molecule has 21 heavy (non-hydrogen) atoms. The molecule has 116 valence electrons. The Bertz CT molecular complexity index is 532. The second-order valence-corrected chi connectivity index (χ2v) is 5.56. The van der Waals surface area contributed by atoms with Gasteiger partial charge in [-0.3, -0.25) is 10.1 Å². The van der Waals surface area contributed by atoms with Gasteiger partial charge < -0.3 is 4.90 Å². The van der Waals surface area contributed by atoms with Crippen LogP contribution >= 0.6 is 11.6 Å². The van der Waals surface area contributed by atoms with E-state index in [1.165, 1.54) is 12.1 Å². The first kappa shape index (κ1) is 15.9. The van der Waals surface area contributed by atoms with Gasteiger partial charge in [0, 0.05) is 25.2 Å². The normalized spacial score (nSPS) is 17.1. The molecule has 0 aromatic heterocycles. The van der Waals surface area contributed by atoms with Crippen molar-refractivity contribution in [2.24, 2.45) is 5.92 Å². The average Bonchev–Trinajstić information content (AvgIpc) is 2.37. The highest BCUT2D eigenvalue weighted by Gasteiger charge is 2.41. The maximum absolute atomic E-state index is 12.7. The minimum atomic E-state index is -4.17. The number of anilines is 1. The number of aryl methyl sites for hydroxylation is 1. The van der Waals surface area contributed by atoms with E-state index in [4.69, 9.17) is 11.6 Å². The van der Waals surface area contributed by atoms with Crippen LogP contribution in [-0.4, -0.2) is 24.2 Å². The topological polar surface area (TPSA) is 46.4 Å². The van der Waals surface area contributed by atoms with Crippen LogP contribution in [0.25, 0.3) is 0 Å². The van der Waals surface area contributed by atoms with E-state index in [0.717, 1.165) is 0 Å². The van der Waals surface area contributed by atoms with Gasteiger partial charge in [-0.1, -0.05) is 11.6 Å². The molecule has 1 fully saturated rings. The fraction of sp³-hybridized carbons (Fsp3) is 0.538. The molecule has 0 aliphatic carbocycles. The van der Waals surface area contributed by atoms with Gasteiger partial charge in [-0.15, -0.1) is 0 Å². The third kappa shape index (κ3) is 3.40. The van der Waals surface area contributed by atoms with E-state index in [1.807, 2.05) is 0 Å². The van der Waals surface area contributed by atoms with E-state index in [0.29, 0.717) is 11.3 Å². The Morgan fingerprint density at radius 1 is 1.33 bits per heavy atom. The Morgan fingerprint density at radius 3 is 2.33 bits per heavy atom. The highest BCUT2D eigenvalue weighted by molar-refractivity contribution is 6.33. The summed E-state index contributed by atoms with van der Waals surface area (Å²) in [6.45, 7) is 2.15. The van der Waals surface area contributed by atoms with Crippen molar-refractivity contribution in [3.8, 4) is 0 Å². The van der Waals surface area contributed by atoms with Crippen LogP contribution in [-0.2, 0) is 0 Å². The van der Waals surface area contributed by atoms with Crippen LogP contribution in [0.15, 0.2) is 12.1 Å². The number of piperidine rings is 1. The van der Waals surface area contributed by atoms with Crippen molar-refractivity contribution in [1.82, 2.24) is 0 Å². The van der Waals surface area contributed by atoms with E-state index < -0.39 is 17.0 Å². The largest absolute Gasteiger partial charge is 0.391 e. The minimum Gasteiger partial charge on any atom is -0.370 e. The van der Waals surface area contributed by atoms with E-state index in [1.54, 1.807) is 11.8 Å². The molecule has 1 aromatic carbocycles. The predicted molar refractivity (Wildman–Crippen MR) is 73.8 cm³/mol. The monoisotopic (exact) mass is 322 g/mol. The zero-order valence-electron chi connectivity index (χ0n) is 11.3. The van der Waals surface area contributed by atoms with Crippen LogP contribution in [0.4, 0.5) is 24.5 Å². The van der Waals surface area contributed by atoms with E-state index in [9.17, 15) is 23.3 Å². The van der Waals surface area contributed by atoms with E-state index >= 15 is 0 Å². The molecule has 1 aliphatic rings. The first-order chi connectivity index (χ1) is 9.70. The molecule has 8 heteroatoms. The number of nitro benzene ring substituents is 1. The molecule has 1 aromatic rings. The molecular weight excluding hydrogens is 309 g/mol. The van der Waals surface area contributed by atoms with Gasteiger partial charge in [0.25, 0.3) is 5.69 Å². The van der Waals surface area contributed by atoms with Gasteiger partial charge in [0.1, 0.15) is 0 Å². The molecule has 1 heterocycles. The van der Waals surface area contributed by atoms with Gasteiger partial charge in [0.2, 0.25) is 0 Å². The van der Waals surface area contributed by atoms with Crippen LogP contribution in [0.2, 0.25) is 5.02 Å². The van der Waals surface area contributed by atoms with Crippen molar-refractivity contribution in [3.63, 3.8) is 0 Å². The summed E-state index contributed by atoms with van der Waals surface area (Å²) in [7, 11) is 0. The molecule has 4 nitrogen and oxygen atoms in total. The van der Waals surface area contributed by atoms with Crippen LogP contribution in [0.1, 0.15) is 18.4 Å². The smallest absolute Gasteiger partial charge is 0.370 e. The van der Waals surface area contributed by atoms with Crippen LogP contribution in [0.5, 0.6) is 0 Å². The third-order valence-electron chi connectivity index (χ3n) is 3.72. The maximum atomic E-state index is 12.7. The van der Waals surface area contributed by atoms with Gasteiger partial charge in [-0.2, -0.15) is 13.2 Å². The summed E-state index contributed by atoms with van der Waals surface area (Å²) in [6, 6.07) is 2.62. The highest BCUT2D eigenvalue weighted by atomic mass is 35.5. The molecule has 0 amide bonds. The number of non-ortho nitro benzene ring substituents is 1. The van der Waals surface area contributed by atoms with E-state index in [-0.39, 0.29) is 36.6 Å². The summed E-state index contributed by atoms with van der Waals surface area (Å²) < 4.78 is 38.0. The fourth-order valence-corrected chi connectivity index (χ4v) is 3.04. The van der Waals surface area contributed by atoms with Crippen molar-refractivity contribution in [3.05, 3.63) is 32.8 Å². The Kier molecular flexibility index (Phi) is 4.32. The second kappa shape index (κ2) is 5.71. The van der Waals surface area contributed by atoms with Crippen LogP contribution < -0.4 is 4.90 Å². The Hall–Kier alpha value is -1.50. The van der Waals surface area contributed by atoms with Crippen molar-refractivity contribution in [2.45, 2.75) is 25.9 Å². The minimum absolute atomic E-state index is 0.0102. The molecular formula is C13H14ClF3N2O2. The van der Waals surface area contributed by atoms with Crippen molar-refractivity contribution < 1.29 is 18.1 Å². The standard InChI is InChI=1S/C13H14ClF3N2O2/c1-8-6-10(19(20)21)7-11(14)12(8)18-4-2-9(3-5-18)13(15,16)17/h6-7,9H,2-5H2,1H3. The molecule has 0 saturated carbocycles. The van der Waals surface area contributed by atoms with Gasteiger partial charge in [0.15, 0.2) is 0 Å². The predicted octanol–water partition coefficient (Wildman–Crippen LogP) is 4.34. The number of halogens is 4. The van der Waals surface area contributed by atoms with E-state index in [2.05, 4.69) is 0 Å². The molecule has 0 spiro atoms. The van der Waals surface area contributed by atoms with Gasteiger partial charge in [0.05, 0.1) is 21.6 Å². The second-order valence-electron chi connectivity index (χ2n) is 5.15. The molecule has 0 radical (unpaired) electrons. The van der Waals surface area contributed by atoms with Gasteiger partial charge in [-0.25, -0.2) is 0 Å². The summed E-state index contributed by atoms with van der Waals surface area (Å²) in [5, 5.41) is 11.0. The molecule has 0 N–H and O–H groups in total. The number of benzene rings is 1. The highest BCUT2D eigenvalue weighted by Crippen LogP contribution is 2.39. The summed E-state index contributed by atoms with van der Waals surface area (Å²) in [4.78, 5) is 12.0. The maximum Gasteiger partial charge on any atom is 0.391 e. The summed E-state index contributed by atoms with van der Waals surface area (Å²) in [5.74, 6) is -1.29. The SMILES string of the molecule is Cc1cc([N+](=O)[O-])cc(Cl)c1N1CCC(C(F)(F)F)CC1. The van der Waals surface area contributed by atoms with Crippen LogP contribution in [0.3, 0.4) is 0 Å². The molecule has 0 bridgehead atoms. The quantitative estimate of drug-likeness (QED) is 0.601. The molecule has 0 atom stereocenters. The Morgan fingerprint density at radius 2 is 1.90 bits per heavy atom. The molecule has 1 saturated heterocycles. The third-order valence-corrected chi connectivity index (χ3v) is 4.01. The Labute approximate surface area is 124 Å².